The van der Waals surface area contributed by atoms with E-state index < -0.39 is 0 Å². The molecule has 2 fully saturated rings. The van der Waals surface area contributed by atoms with Crippen LogP contribution in [0.5, 0.6) is 0 Å². The Morgan fingerprint density at radius 3 is 2.60 bits per heavy atom. The average molecular weight is 338 g/mol. The molecule has 1 saturated heterocycles. The molecule has 1 aromatic carbocycles. The van der Waals surface area contributed by atoms with Crippen molar-refractivity contribution in [2.75, 3.05) is 11.9 Å². The molecule has 25 heavy (non-hydrogen) atoms. The molecule has 0 spiro atoms. The molecule has 4 nitrogen and oxygen atoms in total. The summed E-state index contributed by atoms with van der Waals surface area (Å²) < 4.78 is 0. The quantitative estimate of drug-likeness (QED) is 0.856. The molecule has 0 unspecified atom stereocenters. The molecule has 0 aromatic heterocycles. The number of anilines is 1. The second-order valence-corrected chi connectivity index (χ2v) is 7.60. The van der Waals surface area contributed by atoms with Crippen molar-refractivity contribution >= 4 is 17.5 Å². The Morgan fingerprint density at radius 1 is 1.08 bits per heavy atom. The highest BCUT2D eigenvalue weighted by Crippen LogP contribution is 2.40. The van der Waals surface area contributed by atoms with Gasteiger partial charge in [-0.15, -0.1) is 0 Å². The topological polar surface area (TPSA) is 49.4 Å². The molecule has 4 heteroatoms. The van der Waals surface area contributed by atoms with Crippen molar-refractivity contribution in [3.63, 3.8) is 0 Å². The maximum absolute atomic E-state index is 13.1. The number of nitrogens with one attached hydrogen (secondary N) is 1. The fourth-order valence-electron chi connectivity index (χ4n) is 4.75. The van der Waals surface area contributed by atoms with Crippen molar-refractivity contribution in [2.45, 2.75) is 44.6 Å². The first kappa shape index (κ1) is 16.4. The van der Waals surface area contributed by atoms with Crippen LogP contribution in [0.2, 0.25) is 0 Å². The second-order valence-electron chi connectivity index (χ2n) is 7.60. The number of allylic oxidation sites excluding steroid dienone is 1. The van der Waals surface area contributed by atoms with Crippen LogP contribution in [0.15, 0.2) is 42.5 Å². The maximum Gasteiger partial charge on any atom is 0.228 e. The van der Waals surface area contributed by atoms with Gasteiger partial charge in [0, 0.05) is 24.2 Å². The second kappa shape index (κ2) is 7.03. The normalized spacial score (nSPS) is 29.5. The zero-order valence-electron chi connectivity index (χ0n) is 14.6. The number of carbonyl (C=O) groups excluding carboxylic acids is 2. The van der Waals surface area contributed by atoms with Gasteiger partial charge in [0.15, 0.2) is 0 Å². The van der Waals surface area contributed by atoms with Crippen LogP contribution in [-0.2, 0) is 9.59 Å². The number of carbonyl (C=O) groups is 2. The number of nitrogens with zero attached hydrogens (tertiary/aromatic N) is 1. The van der Waals surface area contributed by atoms with E-state index in [9.17, 15) is 9.59 Å². The summed E-state index contributed by atoms with van der Waals surface area (Å²) in [5, 5.41) is 3.00. The van der Waals surface area contributed by atoms with E-state index in [2.05, 4.69) is 22.4 Å². The van der Waals surface area contributed by atoms with E-state index in [0.717, 1.165) is 25.1 Å². The molecule has 1 N–H and O–H groups in total. The number of hydrogen-bond donors (Lipinski definition) is 1. The highest BCUT2D eigenvalue weighted by Gasteiger charge is 2.48. The van der Waals surface area contributed by atoms with Crippen molar-refractivity contribution in [1.82, 2.24) is 4.90 Å². The average Bonchev–Trinajstić information content (AvgIpc) is 3.00. The molecular formula is C21H26N2O2. The Balaban J connectivity index is 1.49. The molecule has 0 radical (unpaired) electrons. The summed E-state index contributed by atoms with van der Waals surface area (Å²) in [5.41, 5.74) is 0.799. The number of benzene rings is 1. The first-order valence-electron chi connectivity index (χ1n) is 9.57. The molecule has 2 aliphatic carbocycles. The van der Waals surface area contributed by atoms with Crippen LogP contribution in [0, 0.1) is 17.8 Å². The van der Waals surface area contributed by atoms with Crippen LogP contribution < -0.4 is 5.32 Å². The fraction of sp³-hybridized carbons (Fsp3) is 0.524. The SMILES string of the molecule is O=C(Nc1ccccc1)[C@H]1CC=C[C@H]2CN(C3CCCCC3)C(=O)[C@@H]12. The third-order valence-electron chi connectivity index (χ3n) is 6.04. The van der Waals surface area contributed by atoms with Gasteiger partial charge in [0.25, 0.3) is 0 Å². The Morgan fingerprint density at radius 2 is 1.84 bits per heavy atom. The summed E-state index contributed by atoms with van der Waals surface area (Å²) in [7, 11) is 0. The summed E-state index contributed by atoms with van der Waals surface area (Å²) in [6, 6.07) is 9.91. The fourth-order valence-corrected chi connectivity index (χ4v) is 4.75. The first-order chi connectivity index (χ1) is 12.2. The summed E-state index contributed by atoms with van der Waals surface area (Å²) >= 11 is 0. The van der Waals surface area contributed by atoms with E-state index in [-0.39, 0.29) is 29.6 Å². The lowest BCUT2D eigenvalue weighted by Crippen LogP contribution is -2.41. The van der Waals surface area contributed by atoms with Gasteiger partial charge in [0.2, 0.25) is 11.8 Å². The van der Waals surface area contributed by atoms with Crippen LogP contribution in [0.3, 0.4) is 0 Å². The Hall–Kier alpha value is -2.10. The van der Waals surface area contributed by atoms with Gasteiger partial charge in [0.1, 0.15) is 0 Å². The molecule has 3 aliphatic rings. The number of fused-ring (bicyclic) bond motifs is 1. The van der Waals surface area contributed by atoms with Gasteiger partial charge in [-0.05, 0) is 31.4 Å². The number of para-hydroxylation sites is 1. The van der Waals surface area contributed by atoms with Gasteiger partial charge in [0.05, 0.1) is 11.8 Å². The number of rotatable bonds is 3. The predicted octanol–water partition coefficient (Wildman–Crippen LogP) is 3.61. The van der Waals surface area contributed by atoms with Gasteiger partial charge in [-0.3, -0.25) is 9.59 Å². The molecule has 1 saturated carbocycles. The summed E-state index contributed by atoms with van der Waals surface area (Å²) in [6.45, 7) is 0.791. The third kappa shape index (κ3) is 3.22. The van der Waals surface area contributed by atoms with Gasteiger partial charge in [-0.1, -0.05) is 49.6 Å². The van der Waals surface area contributed by atoms with Crippen LogP contribution >= 0.6 is 0 Å². The van der Waals surface area contributed by atoms with Crippen molar-refractivity contribution < 1.29 is 9.59 Å². The lowest BCUT2D eigenvalue weighted by atomic mass is 9.77. The zero-order valence-corrected chi connectivity index (χ0v) is 14.6. The van der Waals surface area contributed by atoms with E-state index in [1.54, 1.807) is 0 Å². The van der Waals surface area contributed by atoms with E-state index in [0.29, 0.717) is 12.5 Å². The Bertz CT molecular complexity index is 664. The van der Waals surface area contributed by atoms with Gasteiger partial charge in [-0.25, -0.2) is 0 Å². The lowest BCUT2D eigenvalue weighted by Gasteiger charge is -2.31. The molecule has 132 valence electrons. The largest absolute Gasteiger partial charge is 0.339 e. The van der Waals surface area contributed by atoms with E-state index in [1.165, 1.54) is 19.3 Å². The molecule has 2 amide bonds. The minimum absolute atomic E-state index is 0.0237. The zero-order chi connectivity index (χ0) is 17.2. The number of likely N-dealkylation sites (tertiary alicyclic amines) is 1. The molecule has 1 aliphatic heterocycles. The van der Waals surface area contributed by atoms with E-state index in [1.807, 2.05) is 30.3 Å². The maximum atomic E-state index is 13.1. The predicted molar refractivity (Wildman–Crippen MR) is 97.9 cm³/mol. The minimum Gasteiger partial charge on any atom is -0.339 e. The summed E-state index contributed by atoms with van der Waals surface area (Å²) in [4.78, 5) is 28.0. The van der Waals surface area contributed by atoms with E-state index >= 15 is 0 Å². The van der Waals surface area contributed by atoms with Crippen molar-refractivity contribution in [3.8, 4) is 0 Å². The Kier molecular flexibility index (Phi) is 4.60. The van der Waals surface area contributed by atoms with Crippen LogP contribution in [0.4, 0.5) is 5.69 Å². The standard InChI is InChI=1S/C21H26N2O2/c24-20(22-16-9-3-1-4-10-16)18-13-7-8-15-14-23(21(25)19(15)18)17-11-5-2-6-12-17/h1,3-4,7-10,15,17-19H,2,5-6,11-14H2,(H,22,24)/t15-,18-,19+/m0/s1. The van der Waals surface area contributed by atoms with Gasteiger partial charge in [-0.2, -0.15) is 0 Å². The minimum atomic E-state index is -0.253. The van der Waals surface area contributed by atoms with Gasteiger partial charge < -0.3 is 10.2 Å². The molecule has 0 bridgehead atoms. The summed E-state index contributed by atoms with van der Waals surface area (Å²) in [6.07, 6.45) is 10.9. The molecule has 1 aromatic rings. The van der Waals surface area contributed by atoms with Crippen molar-refractivity contribution in [1.29, 1.82) is 0 Å². The number of hydrogen-bond acceptors (Lipinski definition) is 2. The van der Waals surface area contributed by atoms with E-state index in [4.69, 9.17) is 0 Å². The van der Waals surface area contributed by atoms with Crippen LogP contribution in [-0.4, -0.2) is 29.3 Å². The lowest BCUT2D eigenvalue weighted by molar-refractivity contribution is -0.138. The van der Waals surface area contributed by atoms with Crippen molar-refractivity contribution in [2.24, 2.45) is 17.8 Å². The highest BCUT2D eigenvalue weighted by molar-refractivity contribution is 5.97. The van der Waals surface area contributed by atoms with Crippen molar-refractivity contribution in [3.05, 3.63) is 42.5 Å². The van der Waals surface area contributed by atoms with Gasteiger partial charge >= 0.3 is 0 Å². The Labute approximate surface area is 149 Å². The highest BCUT2D eigenvalue weighted by atomic mass is 16.2. The molecule has 1 heterocycles. The number of amides is 2. The summed E-state index contributed by atoms with van der Waals surface area (Å²) in [5.74, 6) is -0.0690. The third-order valence-corrected chi connectivity index (χ3v) is 6.04. The molecule has 3 atom stereocenters. The first-order valence-corrected chi connectivity index (χ1v) is 9.57. The monoisotopic (exact) mass is 338 g/mol. The molecule has 4 rings (SSSR count). The van der Waals surface area contributed by atoms with Crippen LogP contribution in [0.25, 0.3) is 0 Å². The van der Waals surface area contributed by atoms with Crippen LogP contribution in [0.1, 0.15) is 38.5 Å². The molecular weight excluding hydrogens is 312 g/mol. The smallest absolute Gasteiger partial charge is 0.228 e.